The fourth-order valence-corrected chi connectivity index (χ4v) is 2.30. The first-order valence-electron chi connectivity index (χ1n) is 7.15. The lowest BCUT2D eigenvalue weighted by atomic mass is 10.2. The molecule has 1 unspecified atom stereocenters. The topological polar surface area (TPSA) is 42.3 Å². The fraction of sp³-hybridized carbons (Fsp3) is 0.786. The van der Waals surface area contributed by atoms with Gasteiger partial charge in [-0.25, -0.2) is 4.98 Å². The molecule has 19 heavy (non-hydrogen) atoms. The van der Waals surface area contributed by atoms with Gasteiger partial charge in [-0.05, 0) is 19.5 Å². The molecule has 1 aromatic heterocycles. The summed E-state index contributed by atoms with van der Waals surface area (Å²) < 4.78 is 7.90. The Labute approximate surface area is 116 Å². The van der Waals surface area contributed by atoms with Crippen LogP contribution in [-0.2, 0) is 17.8 Å². The number of morpholine rings is 1. The molecule has 5 heteroatoms. The van der Waals surface area contributed by atoms with E-state index in [1.54, 1.807) is 0 Å². The van der Waals surface area contributed by atoms with Gasteiger partial charge in [-0.2, -0.15) is 0 Å². The molecule has 108 valence electrons. The second kappa shape index (κ2) is 7.03. The monoisotopic (exact) mass is 266 g/mol. The highest BCUT2D eigenvalue weighted by Crippen LogP contribution is 2.06. The molecule has 0 aliphatic carbocycles. The van der Waals surface area contributed by atoms with E-state index in [2.05, 4.69) is 46.9 Å². The minimum absolute atomic E-state index is 0.282. The molecule has 0 amide bonds. The normalized spacial score (nSPS) is 21.2. The highest BCUT2D eigenvalue weighted by atomic mass is 16.5. The Morgan fingerprint density at radius 1 is 1.53 bits per heavy atom. The average molecular weight is 266 g/mol. The molecule has 1 aliphatic rings. The number of aromatic nitrogens is 2. The van der Waals surface area contributed by atoms with Crippen molar-refractivity contribution in [2.45, 2.75) is 33.0 Å². The van der Waals surface area contributed by atoms with Crippen LogP contribution in [0.4, 0.5) is 0 Å². The number of rotatable bonds is 6. The maximum absolute atomic E-state index is 5.77. The second-order valence-corrected chi connectivity index (χ2v) is 5.84. The van der Waals surface area contributed by atoms with E-state index in [4.69, 9.17) is 4.74 Å². The predicted molar refractivity (Wildman–Crippen MR) is 76.0 cm³/mol. The van der Waals surface area contributed by atoms with E-state index in [9.17, 15) is 0 Å². The van der Waals surface area contributed by atoms with Gasteiger partial charge in [0.15, 0.2) is 0 Å². The zero-order chi connectivity index (χ0) is 13.7. The minimum atomic E-state index is 0.282. The molecule has 2 heterocycles. The van der Waals surface area contributed by atoms with Gasteiger partial charge in [0.2, 0.25) is 0 Å². The lowest BCUT2D eigenvalue weighted by Crippen LogP contribution is -2.41. The van der Waals surface area contributed by atoms with E-state index >= 15 is 0 Å². The molecule has 1 atom stereocenters. The van der Waals surface area contributed by atoms with Crippen LogP contribution in [0, 0.1) is 5.92 Å². The van der Waals surface area contributed by atoms with Crippen molar-refractivity contribution in [1.29, 1.82) is 0 Å². The van der Waals surface area contributed by atoms with Crippen molar-refractivity contribution in [3.05, 3.63) is 18.2 Å². The highest BCUT2D eigenvalue weighted by Gasteiger charge is 2.17. The maximum atomic E-state index is 5.77. The van der Waals surface area contributed by atoms with E-state index in [-0.39, 0.29) is 6.10 Å². The summed E-state index contributed by atoms with van der Waals surface area (Å²) in [5.41, 5.74) is 1.10. The standard InChI is InChI=1S/C14H26N4O/c1-12(2)6-15-7-13-8-18(11-16-13)10-14-9-17(3)4-5-19-14/h8,11-12,14-15H,4-7,9-10H2,1-3H3. The number of hydrogen-bond donors (Lipinski definition) is 1. The minimum Gasteiger partial charge on any atom is -0.374 e. The number of likely N-dealkylation sites (N-methyl/N-ethyl adjacent to an activating group) is 1. The fourth-order valence-electron chi connectivity index (χ4n) is 2.30. The van der Waals surface area contributed by atoms with Crippen LogP contribution >= 0.6 is 0 Å². The van der Waals surface area contributed by atoms with Gasteiger partial charge in [0.1, 0.15) is 0 Å². The van der Waals surface area contributed by atoms with E-state index in [1.807, 2.05) is 6.33 Å². The quantitative estimate of drug-likeness (QED) is 0.833. The van der Waals surface area contributed by atoms with Crippen LogP contribution in [-0.4, -0.2) is 53.8 Å². The predicted octanol–water partition coefficient (Wildman–Crippen LogP) is 0.959. The van der Waals surface area contributed by atoms with Crippen LogP contribution in [0.1, 0.15) is 19.5 Å². The average Bonchev–Trinajstić information content (AvgIpc) is 2.76. The van der Waals surface area contributed by atoms with Crippen molar-refractivity contribution in [1.82, 2.24) is 19.8 Å². The Balaban J connectivity index is 1.77. The van der Waals surface area contributed by atoms with Crippen molar-refractivity contribution < 1.29 is 4.74 Å². The molecule has 0 aromatic carbocycles. The van der Waals surface area contributed by atoms with Crippen LogP contribution in [0.5, 0.6) is 0 Å². The summed E-state index contributed by atoms with van der Waals surface area (Å²) in [6.45, 7) is 10.1. The summed E-state index contributed by atoms with van der Waals surface area (Å²) in [7, 11) is 2.14. The van der Waals surface area contributed by atoms with Crippen LogP contribution in [0.25, 0.3) is 0 Å². The van der Waals surface area contributed by atoms with Gasteiger partial charge in [-0.1, -0.05) is 13.8 Å². The lowest BCUT2D eigenvalue weighted by Gasteiger charge is -2.30. The molecule has 1 fully saturated rings. The third-order valence-electron chi connectivity index (χ3n) is 3.30. The Bertz CT molecular complexity index is 377. The van der Waals surface area contributed by atoms with Crippen molar-refractivity contribution in [2.75, 3.05) is 33.3 Å². The van der Waals surface area contributed by atoms with Gasteiger partial charge >= 0.3 is 0 Å². The summed E-state index contributed by atoms with van der Waals surface area (Å²) in [5, 5.41) is 3.41. The first-order valence-corrected chi connectivity index (χ1v) is 7.15. The summed E-state index contributed by atoms with van der Waals surface area (Å²) in [5.74, 6) is 0.674. The molecule has 1 aromatic rings. The van der Waals surface area contributed by atoms with Gasteiger partial charge in [-0.15, -0.1) is 0 Å². The molecule has 0 radical (unpaired) electrons. The number of imidazole rings is 1. The molecule has 2 rings (SSSR count). The Hall–Kier alpha value is -0.910. The zero-order valence-corrected chi connectivity index (χ0v) is 12.3. The SMILES string of the molecule is CC(C)CNCc1cn(CC2CN(C)CCO2)cn1. The first-order chi connectivity index (χ1) is 9.13. The van der Waals surface area contributed by atoms with Gasteiger partial charge < -0.3 is 19.5 Å². The van der Waals surface area contributed by atoms with Crippen molar-refractivity contribution in [2.24, 2.45) is 5.92 Å². The van der Waals surface area contributed by atoms with E-state index in [0.29, 0.717) is 5.92 Å². The lowest BCUT2D eigenvalue weighted by molar-refractivity contribution is -0.0274. The van der Waals surface area contributed by atoms with E-state index < -0.39 is 0 Å². The second-order valence-electron chi connectivity index (χ2n) is 5.84. The number of nitrogens with one attached hydrogen (secondary N) is 1. The van der Waals surface area contributed by atoms with Gasteiger partial charge in [0, 0.05) is 25.8 Å². The zero-order valence-electron chi connectivity index (χ0n) is 12.3. The Kier molecular flexibility index (Phi) is 5.36. The largest absolute Gasteiger partial charge is 0.374 e. The van der Waals surface area contributed by atoms with E-state index in [1.165, 1.54) is 0 Å². The highest BCUT2D eigenvalue weighted by molar-refractivity contribution is 4.96. The molecule has 0 bridgehead atoms. The summed E-state index contributed by atoms with van der Waals surface area (Å²) in [6.07, 6.45) is 4.31. The van der Waals surface area contributed by atoms with Crippen molar-refractivity contribution in [3.8, 4) is 0 Å². The van der Waals surface area contributed by atoms with Crippen molar-refractivity contribution in [3.63, 3.8) is 0 Å². The third-order valence-corrected chi connectivity index (χ3v) is 3.30. The number of nitrogens with zero attached hydrogens (tertiary/aromatic N) is 3. The number of ether oxygens (including phenoxy) is 1. The molecule has 1 aliphatic heterocycles. The smallest absolute Gasteiger partial charge is 0.0950 e. The first kappa shape index (κ1) is 14.5. The van der Waals surface area contributed by atoms with Crippen LogP contribution < -0.4 is 5.32 Å². The van der Waals surface area contributed by atoms with Crippen LogP contribution in [0.3, 0.4) is 0 Å². The summed E-state index contributed by atoms with van der Waals surface area (Å²) >= 11 is 0. The van der Waals surface area contributed by atoms with Gasteiger partial charge in [0.05, 0.1) is 31.3 Å². The van der Waals surface area contributed by atoms with Crippen LogP contribution in [0.15, 0.2) is 12.5 Å². The molecule has 0 saturated carbocycles. The Morgan fingerprint density at radius 3 is 3.11 bits per heavy atom. The molecule has 1 saturated heterocycles. The van der Waals surface area contributed by atoms with Crippen molar-refractivity contribution >= 4 is 0 Å². The molecule has 1 N–H and O–H groups in total. The molecular weight excluding hydrogens is 240 g/mol. The number of hydrogen-bond acceptors (Lipinski definition) is 4. The third kappa shape index (κ3) is 4.93. The Morgan fingerprint density at radius 2 is 2.37 bits per heavy atom. The summed E-state index contributed by atoms with van der Waals surface area (Å²) in [6, 6.07) is 0. The molecular formula is C14H26N4O. The van der Waals surface area contributed by atoms with Gasteiger partial charge in [-0.3, -0.25) is 0 Å². The summed E-state index contributed by atoms with van der Waals surface area (Å²) in [4.78, 5) is 6.74. The molecule has 5 nitrogen and oxygen atoms in total. The van der Waals surface area contributed by atoms with Crippen LogP contribution in [0.2, 0.25) is 0 Å². The van der Waals surface area contributed by atoms with E-state index in [0.717, 1.165) is 45.0 Å². The molecule has 0 spiro atoms. The maximum Gasteiger partial charge on any atom is 0.0950 e. The van der Waals surface area contributed by atoms with Gasteiger partial charge in [0.25, 0.3) is 0 Å².